The quantitative estimate of drug-likeness (QED) is 0.798. The van der Waals surface area contributed by atoms with Crippen LogP contribution in [0.1, 0.15) is 22.9 Å². The number of aliphatic hydroxyl groups is 1. The summed E-state index contributed by atoms with van der Waals surface area (Å²) >= 11 is 0. The Kier molecular flexibility index (Phi) is 2.51. The van der Waals surface area contributed by atoms with E-state index in [1.165, 1.54) is 0 Å². The summed E-state index contributed by atoms with van der Waals surface area (Å²) in [5.41, 5.74) is 2.47. The Hall–Kier alpha value is -1.68. The molecule has 1 atom stereocenters. The van der Waals surface area contributed by atoms with E-state index in [-0.39, 0.29) is 0 Å². The van der Waals surface area contributed by atoms with Gasteiger partial charge in [0, 0.05) is 31.2 Å². The minimum Gasteiger partial charge on any atom is -0.382 e. The average molecular weight is 203 g/mol. The summed E-state index contributed by atoms with van der Waals surface area (Å²) in [6.45, 7) is 1.95. The summed E-state index contributed by atoms with van der Waals surface area (Å²) in [6.07, 6.45) is 4.50. The molecule has 0 aliphatic heterocycles. The number of rotatable bonds is 2. The maximum Gasteiger partial charge on any atom is 0.125 e. The molecule has 2 aromatic heterocycles. The minimum absolute atomic E-state index is 0.647. The van der Waals surface area contributed by atoms with Gasteiger partial charge in [-0.25, -0.2) is 0 Å². The predicted molar refractivity (Wildman–Crippen MR) is 56.2 cm³/mol. The molecule has 0 bridgehead atoms. The second-order valence-corrected chi connectivity index (χ2v) is 3.55. The maximum atomic E-state index is 10.1. The molecule has 2 heterocycles. The summed E-state index contributed by atoms with van der Waals surface area (Å²) in [4.78, 5) is 4.00. The SMILES string of the molecule is Cc1ccncc1C(O)c1ccn(C)n1. The van der Waals surface area contributed by atoms with E-state index >= 15 is 0 Å². The number of nitrogens with zero attached hydrogens (tertiary/aromatic N) is 3. The van der Waals surface area contributed by atoms with Crippen molar-refractivity contribution in [1.82, 2.24) is 14.8 Å². The van der Waals surface area contributed by atoms with Gasteiger partial charge >= 0.3 is 0 Å². The van der Waals surface area contributed by atoms with Crippen LogP contribution >= 0.6 is 0 Å². The second kappa shape index (κ2) is 3.82. The number of aliphatic hydroxyl groups excluding tert-OH is 1. The van der Waals surface area contributed by atoms with Crippen molar-refractivity contribution < 1.29 is 5.11 Å². The van der Waals surface area contributed by atoms with Gasteiger partial charge in [0.15, 0.2) is 0 Å². The van der Waals surface area contributed by atoms with Gasteiger partial charge in [-0.2, -0.15) is 5.10 Å². The van der Waals surface area contributed by atoms with Crippen molar-refractivity contribution in [2.24, 2.45) is 7.05 Å². The molecule has 4 heteroatoms. The number of hydrogen-bond donors (Lipinski definition) is 1. The van der Waals surface area contributed by atoms with Crippen LogP contribution in [0.3, 0.4) is 0 Å². The summed E-state index contributed by atoms with van der Waals surface area (Å²) in [5, 5.41) is 14.2. The van der Waals surface area contributed by atoms with Crippen LogP contribution in [0.2, 0.25) is 0 Å². The molecule has 0 amide bonds. The smallest absolute Gasteiger partial charge is 0.125 e. The third kappa shape index (κ3) is 1.89. The molecule has 1 N–H and O–H groups in total. The third-order valence-corrected chi connectivity index (χ3v) is 2.39. The van der Waals surface area contributed by atoms with Gasteiger partial charge in [0.05, 0.1) is 5.69 Å². The fourth-order valence-electron chi connectivity index (χ4n) is 1.50. The molecule has 0 spiro atoms. The highest BCUT2D eigenvalue weighted by atomic mass is 16.3. The largest absolute Gasteiger partial charge is 0.382 e. The summed E-state index contributed by atoms with van der Waals surface area (Å²) < 4.78 is 1.67. The zero-order valence-corrected chi connectivity index (χ0v) is 8.75. The Morgan fingerprint density at radius 3 is 2.80 bits per heavy atom. The Bertz CT molecular complexity index is 464. The second-order valence-electron chi connectivity index (χ2n) is 3.55. The highest BCUT2D eigenvalue weighted by Gasteiger charge is 2.14. The topological polar surface area (TPSA) is 50.9 Å². The molecule has 0 saturated carbocycles. The lowest BCUT2D eigenvalue weighted by atomic mass is 10.0. The van der Waals surface area contributed by atoms with E-state index in [0.29, 0.717) is 5.69 Å². The first-order valence-electron chi connectivity index (χ1n) is 4.76. The molecule has 1 unspecified atom stereocenters. The average Bonchev–Trinajstić information content (AvgIpc) is 2.65. The van der Waals surface area contributed by atoms with Gasteiger partial charge in [0.1, 0.15) is 6.10 Å². The molecule has 0 aliphatic rings. The Morgan fingerprint density at radius 1 is 1.40 bits per heavy atom. The first-order valence-corrected chi connectivity index (χ1v) is 4.76. The van der Waals surface area contributed by atoms with E-state index in [2.05, 4.69) is 10.1 Å². The van der Waals surface area contributed by atoms with Crippen molar-refractivity contribution in [2.45, 2.75) is 13.0 Å². The Morgan fingerprint density at radius 2 is 2.20 bits per heavy atom. The minimum atomic E-state index is -0.695. The van der Waals surface area contributed by atoms with Crippen molar-refractivity contribution in [3.63, 3.8) is 0 Å². The molecule has 15 heavy (non-hydrogen) atoms. The van der Waals surface area contributed by atoms with E-state index in [0.717, 1.165) is 11.1 Å². The van der Waals surface area contributed by atoms with E-state index < -0.39 is 6.10 Å². The first-order chi connectivity index (χ1) is 7.18. The van der Waals surface area contributed by atoms with Crippen LogP contribution in [0.5, 0.6) is 0 Å². The monoisotopic (exact) mass is 203 g/mol. The van der Waals surface area contributed by atoms with Crippen LogP contribution in [0, 0.1) is 6.92 Å². The molecule has 2 aromatic rings. The van der Waals surface area contributed by atoms with Crippen molar-refractivity contribution in [3.05, 3.63) is 47.5 Å². The predicted octanol–water partition coefficient (Wildman–Crippen LogP) is 1.21. The normalized spacial score (nSPS) is 12.7. The Labute approximate surface area is 88.2 Å². The molecule has 0 fully saturated rings. The number of aryl methyl sites for hydroxylation is 2. The van der Waals surface area contributed by atoms with Crippen molar-refractivity contribution in [2.75, 3.05) is 0 Å². The molecule has 2 rings (SSSR count). The standard InChI is InChI=1S/C11H13N3O/c1-8-3-5-12-7-9(8)11(15)10-4-6-14(2)13-10/h3-7,11,15H,1-2H3. The summed E-state index contributed by atoms with van der Waals surface area (Å²) in [7, 11) is 1.83. The molecule has 4 nitrogen and oxygen atoms in total. The fraction of sp³-hybridized carbons (Fsp3) is 0.273. The van der Waals surface area contributed by atoms with E-state index in [1.807, 2.05) is 26.2 Å². The fourth-order valence-corrected chi connectivity index (χ4v) is 1.50. The van der Waals surface area contributed by atoms with Gasteiger partial charge in [-0.05, 0) is 24.6 Å². The molecular weight excluding hydrogens is 190 g/mol. The molecular formula is C11H13N3O. The van der Waals surface area contributed by atoms with Gasteiger partial charge in [-0.15, -0.1) is 0 Å². The van der Waals surface area contributed by atoms with Crippen LogP contribution in [-0.2, 0) is 7.05 Å². The summed E-state index contributed by atoms with van der Waals surface area (Å²) in [6, 6.07) is 3.68. The van der Waals surface area contributed by atoms with Crippen LogP contribution in [0.4, 0.5) is 0 Å². The lowest BCUT2D eigenvalue weighted by Crippen LogP contribution is -2.04. The van der Waals surface area contributed by atoms with Gasteiger partial charge in [-0.3, -0.25) is 9.67 Å². The Balaban J connectivity index is 2.36. The van der Waals surface area contributed by atoms with Gasteiger partial charge < -0.3 is 5.11 Å². The highest BCUT2D eigenvalue weighted by molar-refractivity contribution is 5.29. The molecule has 0 radical (unpaired) electrons. The van der Waals surface area contributed by atoms with Gasteiger partial charge in [0.25, 0.3) is 0 Å². The van der Waals surface area contributed by atoms with Crippen molar-refractivity contribution in [1.29, 1.82) is 0 Å². The summed E-state index contributed by atoms with van der Waals surface area (Å²) in [5.74, 6) is 0. The van der Waals surface area contributed by atoms with E-state index in [1.54, 1.807) is 23.1 Å². The molecule has 0 aliphatic carbocycles. The van der Waals surface area contributed by atoms with Crippen molar-refractivity contribution in [3.8, 4) is 0 Å². The molecule has 78 valence electrons. The van der Waals surface area contributed by atoms with Crippen molar-refractivity contribution >= 4 is 0 Å². The number of pyridine rings is 1. The van der Waals surface area contributed by atoms with Crippen LogP contribution in [0.15, 0.2) is 30.7 Å². The first kappa shape index (κ1) is 9.86. The lowest BCUT2D eigenvalue weighted by Gasteiger charge is -2.10. The van der Waals surface area contributed by atoms with Crippen LogP contribution in [-0.4, -0.2) is 19.9 Å². The molecule has 0 aromatic carbocycles. The maximum absolute atomic E-state index is 10.1. The highest BCUT2D eigenvalue weighted by Crippen LogP contribution is 2.21. The third-order valence-electron chi connectivity index (χ3n) is 2.39. The zero-order valence-electron chi connectivity index (χ0n) is 8.75. The van der Waals surface area contributed by atoms with Crippen LogP contribution in [0.25, 0.3) is 0 Å². The van der Waals surface area contributed by atoms with Gasteiger partial charge in [-0.1, -0.05) is 0 Å². The zero-order chi connectivity index (χ0) is 10.8. The number of aromatic nitrogens is 3. The number of hydrogen-bond acceptors (Lipinski definition) is 3. The lowest BCUT2D eigenvalue weighted by molar-refractivity contribution is 0.213. The van der Waals surface area contributed by atoms with Crippen LogP contribution < -0.4 is 0 Å². The van der Waals surface area contributed by atoms with E-state index in [9.17, 15) is 5.11 Å². The van der Waals surface area contributed by atoms with E-state index in [4.69, 9.17) is 0 Å². The molecule has 0 saturated heterocycles. The van der Waals surface area contributed by atoms with Gasteiger partial charge in [0.2, 0.25) is 0 Å².